The zero-order chi connectivity index (χ0) is 14.5. The molecule has 0 aromatic carbocycles. The Hall–Kier alpha value is -2.12. The molecular weight excluding hydrogens is 262 g/mol. The van der Waals surface area contributed by atoms with Gasteiger partial charge in [-0.3, -0.25) is 9.48 Å². The van der Waals surface area contributed by atoms with Crippen molar-refractivity contribution in [3.63, 3.8) is 0 Å². The smallest absolute Gasteiger partial charge is 0.317 e. The molecule has 8 heteroatoms. The molecule has 20 heavy (non-hydrogen) atoms. The van der Waals surface area contributed by atoms with E-state index >= 15 is 0 Å². The number of hydrogen-bond acceptors (Lipinski definition) is 4. The van der Waals surface area contributed by atoms with E-state index in [0.717, 1.165) is 6.42 Å². The van der Waals surface area contributed by atoms with Crippen molar-refractivity contribution in [3.8, 4) is 0 Å². The van der Waals surface area contributed by atoms with Crippen LogP contribution in [0.15, 0.2) is 12.4 Å². The van der Waals surface area contributed by atoms with Crippen molar-refractivity contribution < 1.29 is 14.7 Å². The number of carbonyl (C=O) groups is 2. The van der Waals surface area contributed by atoms with Crippen LogP contribution in [0.25, 0.3) is 0 Å². The number of carbonyl (C=O) groups excluding carboxylic acids is 1. The summed E-state index contributed by atoms with van der Waals surface area (Å²) >= 11 is 0. The third-order valence-electron chi connectivity index (χ3n) is 3.65. The molecular formula is C12H19N5O3. The zero-order valence-corrected chi connectivity index (χ0v) is 11.4. The highest BCUT2D eigenvalue weighted by molar-refractivity contribution is 5.78. The van der Waals surface area contributed by atoms with Gasteiger partial charge in [0.25, 0.3) is 0 Å². The number of carboxylic acid groups (broad SMARTS) is 1. The van der Waals surface area contributed by atoms with Crippen molar-refractivity contribution in [3.05, 3.63) is 12.4 Å². The van der Waals surface area contributed by atoms with Gasteiger partial charge in [-0.05, 0) is 19.8 Å². The Balaban J connectivity index is 1.71. The molecule has 1 fully saturated rings. The van der Waals surface area contributed by atoms with E-state index in [4.69, 9.17) is 5.11 Å². The lowest BCUT2D eigenvalue weighted by molar-refractivity contribution is -0.142. The first kappa shape index (κ1) is 14.3. The Morgan fingerprint density at radius 1 is 1.50 bits per heavy atom. The third-order valence-corrected chi connectivity index (χ3v) is 3.65. The number of rotatable bonds is 5. The number of nitrogens with zero attached hydrogens (tertiary/aromatic N) is 4. The van der Waals surface area contributed by atoms with Crippen molar-refractivity contribution in [1.29, 1.82) is 0 Å². The minimum absolute atomic E-state index is 0.195. The molecule has 1 aliphatic rings. The van der Waals surface area contributed by atoms with Crippen LogP contribution < -0.4 is 5.32 Å². The van der Waals surface area contributed by atoms with Crippen LogP contribution in [0.2, 0.25) is 0 Å². The minimum atomic E-state index is -0.834. The topological polar surface area (TPSA) is 100 Å². The molecule has 2 heterocycles. The highest BCUT2D eigenvalue weighted by Gasteiger charge is 2.37. The molecule has 2 atom stereocenters. The molecule has 0 bridgehead atoms. The summed E-state index contributed by atoms with van der Waals surface area (Å²) in [6.45, 7) is 3.49. The van der Waals surface area contributed by atoms with Crippen molar-refractivity contribution in [2.75, 3.05) is 13.1 Å². The number of aryl methyl sites for hydroxylation is 1. The fourth-order valence-electron chi connectivity index (χ4n) is 2.45. The number of urea groups is 1. The standard InChI is InChI=1S/C12H19N5O3/c1-9-10(11(18)19)3-7-17(9)12(20)13-4-2-6-16-8-5-14-15-16/h5,8-10H,2-4,6-7H2,1H3,(H,13,20)(H,18,19). The van der Waals surface area contributed by atoms with E-state index in [1.54, 1.807) is 28.9 Å². The van der Waals surface area contributed by atoms with Gasteiger partial charge in [0, 0.05) is 31.9 Å². The second-order valence-electron chi connectivity index (χ2n) is 4.92. The summed E-state index contributed by atoms with van der Waals surface area (Å²) in [5.74, 6) is -1.30. The average Bonchev–Trinajstić information content (AvgIpc) is 3.03. The van der Waals surface area contributed by atoms with Crippen LogP contribution in [0.5, 0.6) is 0 Å². The van der Waals surface area contributed by atoms with Crippen LogP contribution in [-0.4, -0.2) is 56.1 Å². The van der Waals surface area contributed by atoms with E-state index in [1.807, 2.05) is 0 Å². The maximum atomic E-state index is 12.0. The molecule has 1 saturated heterocycles. The second kappa shape index (κ2) is 6.36. The summed E-state index contributed by atoms with van der Waals surface area (Å²) in [5.41, 5.74) is 0. The van der Waals surface area contributed by atoms with Gasteiger partial charge in [0.05, 0.1) is 12.1 Å². The average molecular weight is 281 g/mol. The van der Waals surface area contributed by atoms with Gasteiger partial charge in [-0.2, -0.15) is 0 Å². The van der Waals surface area contributed by atoms with Crippen molar-refractivity contribution in [2.45, 2.75) is 32.4 Å². The summed E-state index contributed by atoms with van der Waals surface area (Å²) in [5, 5.41) is 19.4. The molecule has 110 valence electrons. The number of hydrogen-bond donors (Lipinski definition) is 2. The van der Waals surface area contributed by atoms with Gasteiger partial charge < -0.3 is 15.3 Å². The number of likely N-dealkylation sites (tertiary alicyclic amines) is 1. The van der Waals surface area contributed by atoms with Crippen molar-refractivity contribution in [2.24, 2.45) is 5.92 Å². The van der Waals surface area contributed by atoms with E-state index in [-0.39, 0.29) is 12.1 Å². The van der Waals surface area contributed by atoms with Gasteiger partial charge >= 0.3 is 12.0 Å². The number of carboxylic acids is 1. The monoisotopic (exact) mass is 281 g/mol. The van der Waals surface area contributed by atoms with Crippen molar-refractivity contribution >= 4 is 12.0 Å². The highest BCUT2D eigenvalue weighted by Crippen LogP contribution is 2.24. The number of aliphatic carboxylic acids is 1. The summed E-state index contributed by atoms with van der Waals surface area (Å²) in [6.07, 6.45) is 4.64. The summed E-state index contributed by atoms with van der Waals surface area (Å²) < 4.78 is 1.70. The number of amides is 2. The molecule has 2 amide bonds. The van der Waals surface area contributed by atoms with Gasteiger partial charge in [-0.15, -0.1) is 5.10 Å². The highest BCUT2D eigenvalue weighted by atomic mass is 16.4. The quantitative estimate of drug-likeness (QED) is 0.749. The van der Waals surface area contributed by atoms with Crippen LogP contribution in [0.1, 0.15) is 19.8 Å². The van der Waals surface area contributed by atoms with Crippen LogP contribution in [0.4, 0.5) is 4.79 Å². The van der Waals surface area contributed by atoms with E-state index in [1.165, 1.54) is 0 Å². The van der Waals surface area contributed by atoms with E-state index < -0.39 is 11.9 Å². The fourth-order valence-corrected chi connectivity index (χ4v) is 2.45. The first-order chi connectivity index (χ1) is 9.59. The summed E-state index contributed by atoms with van der Waals surface area (Å²) in [4.78, 5) is 24.6. The SMILES string of the molecule is CC1C(C(=O)O)CCN1C(=O)NCCCn1ccnn1. The largest absolute Gasteiger partial charge is 0.481 e. The van der Waals surface area contributed by atoms with E-state index in [0.29, 0.717) is 26.1 Å². The number of nitrogens with one attached hydrogen (secondary N) is 1. The van der Waals surface area contributed by atoms with Gasteiger partial charge in [0.2, 0.25) is 0 Å². The third kappa shape index (κ3) is 3.25. The first-order valence-corrected chi connectivity index (χ1v) is 6.71. The molecule has 1 aromatic rings. The normalized spacial score (nSPS) is 21.9. The van der Waals surface area contributed by atoms with Crippen LogP contribution >= 0.6 is 0 Å². The van der Waals surface area contributed by atoms with Gasteiger partial charge in [0.1, 0.15) is 0 Å². The maximum absolute atomic E-state index is 12.0. The van der Waals surface area contributed by atoms with Crippen LogP contribution in [0, 0.1) is 5.92 Å². The molecule has 0 radical (unpaired) electrons. The Bertz CT molecular complexity index is 462. The zero-order valence-electron chi connectivity index (χ0n) is 11.4. The molecule has 8 nitrogen and oxygen atoms in total. The fraction of sp³-hybridized carbons (Fsp3) is 0.667. The Morgan fingerprint density at radius 3 is 2.90 bits per heavy atom. The molecule has 2 N–H and O–H groups in total. The van der Waals surface area contributed by atoms with Gasteiger partial charge in [0.15, 0.2) is 0 Å². The Labute approximate surface area is 116 Å². The lowest BCUT2D eigenvalue weighted by atomic mass is 10.0. The molecule has 0 aliphatic carbocycles. The predicted molar refractivity (Wildman–Crippen MR) is 69.9 cm³/mol. The van der Waals surface area contributed by atoms with Gasteiger partial charge in [-0.25, -0.2) is 4.79 Å². The lowest BCUT2D eigenvalue weighted by Crippen LogP contribution is -2.44. The van der Waals surface area contributed by atoms with E-state index in [9.17, 15) is 9.59 Å². The summed E-state index contributed by atoms with van der Waals surface area (Å²) in [6, 6.07) is -0.456. The molecule has 1 aliphatic heterocycles. The molecule has 1 aromatic heterocycles. The van der Waals surface area contributed by atoms with Crippen LogP contribution in [0.3, 0.4) is 0 Å². The van der Waals surface area contributed by atoms with E-state index in [2.05, 4.69) is 15.6 Å². The summed E-state index contributed by atoms with van der Waals surface area (Å²) in [7, 11) is 0. The molecule has 0 spiro atoms. The lowest BCUT2D eigenvalue weighted by Gasteiger charge is -2.23. The van der Waals surface area contributed by atoms with Crippen molar-refractivity contribution in [1.82, 2.24) is 25.2 Å². The Kier molecular flexibility index (Phi) is 4.54. The molecule has 0 saturated carbocycles. The van der Waals surface area contributed by atoms with Gasteiger partial charge in [-0.1, -0.05) is 5.21 Å². The predicted octanol–water partition coefficient (Wildman–Crippen LogP) is 0.173. The molecule has 2 rings (SSSR count). The first-order valence-electron chi connectivity index (χ1n) is 6.71. The molecule has 2 unspecified atom stereocenters. The van der Waals surface area contributed by atoms with Crippen LogP contribution in [-0.2, 0) is 11.3 Å². The Morgan fingerprint density at radius 2 is 2.30 bits per heavy atom. The maximum Gasteiger partial charge on any atom is 0.317 e. The minimum Gasteiger partial charge on any atom is -0.481 e. The second-order valence-corrected chi connectivity index (χ2v) is 4.92. The number of aromatic nitrogens is 3.